The van der Waals surface area contributed by atoms with Crippen molar-refractivity contribution in [1.82, 2.24) is 0 Å². The van der Waals surface area contributed by atoms with Crippen LogP contribution in [0.25, 0.3) is 0 Å². The molecule has 8 nitrogen and oxygen atoms in total. The van der Waals surface area contributed by atoms with E-state index in [1.165, 1.54) is 23.5 Å². The molecule has 0 aromatic heterocycles. The number of thioether (sulfide) groups is 2. The number of carbonyl (C=O) groups is 2. The molecular formula is C19H32N2O6S2Si. The van der Waals surface area contributed by atoms with Crippen LogP contribution in [0.1, 0.15) is 37.9 Å². The number of nitrogens with two attached hydrogens (primary N) is 2. The number of rotatable bonds is 14. The Kier molecular flexibility index (Phi) is 12.6. The van der Waals surface area contributed by atoms with E-state index in [9.17, 15) is 14.4 Å². The van der Waals surface area contributed by atoms with E-state index in [1.807, 2.05) is 37.6 Å². The van der Waals surface area contributed by atoms with Gasteiger partial charge in [0.05, 0.1) is 6.10 Å². The summed E-state index contributed by atoms with van der Waals surface area (Å²) in [7, 11) is -4.72. The molecule has 170 valence electrons. The molecular weight excluding hydrogens is 444 g/mol. The third-order valence-corrected chi connectivity index (χ3v) is 6.95. The highest BCUT2D eigenvalue weighted by atomic mass is 32.2. The van der Waals surface area contributed by atoms with Crippen LogP contribution in [-0.4, -0.2) is 61.9 Å². The summed E-state index contributed by atoms with van der Waals surface area (Å²) in [6.45, 7) is 1.84. The van der Waals surface area contributed by atoms with Gasteiger partial charge in [-0.2, -0.15) is 23.5 Å². The Labute approximate surface area is 187 Å². The molecule has 0 spiro atoms. The second-order valence-corrected chi connectivity index (χ2v) is 10.2. The summed E-state index contributed by atoms with van der Waals surface area (Å²) in [5.74, 6) is -0.492. The molecule has 5 N–H and O–H groups in total. The molecule has 3 atom stereocenters. The maximum Gasteiger partial charge on any atom is 0.822 e. The lowest BCUT2D eigenvalue weighted by Crippen LogP contribution is -2.54. The van der Waals surface area contributed by atoms with Crippen molar-refractivity contribution in [3.8, 4) is 0 Å². The Balaban J connectivity index is 3.01. The molecule has 1 rings (SSSR count). The zero-order valence-corrected chi connectivity index (χ0v) is 20.2. The molecule has 1 aromatic carbocycles. The lowest BCUT2D eigenvalue weighted by atomic mass is 10.1. The van der Waals surface area contributed by atoms with Crippen molar-refractivity contribution in [2.24, 2.45) is 11.5 Å². The van der Waals surface area contributed by atoms with Crippen LogP contribution in [0.2, 0.25) is 0 Å². The Morgan fingerprint density at radius 2 is 1.47 bits per heavy atom. The fourth-order valence-electron chi connectivity index (χ4n) is 2.43. The van der Waals surface area contributed by atoms with E-state index in [0.717, 1.165) is 5.56 Å². The Morgan fingerprint density at radius 1 is 1.00 bits per heavy atom. The second kappa shape index (κ2) is 14.1. The first-order valence-corrected chi connectivity index (χ1v) is 14.1. The molecule has 0 amide bonds. The van der Waals surface area contributed by atoms with E-state index in [4.69, 9.17) is 24.7 Å². The molecule has 0 heterocycles. The van der Waals surface area contributed by atoms with Gasteiger partial charge in [0.15, 0.2) is 0 Å². The smallest absolute Gasteiger partial charge is 0.441 e. The van der Waals surface area contributed by atoms with Crippen LogP contribution < -0.4 is 11.5 Å². The molecule has 3 unspecified atom stereocenters. The van der Waals surface area contributed by atoms with E-state index in [-0.39, 0.29) is 0 Å². The first-order chi connectivity index (χ1) is 14.3. The zero-order valence-electron chi connectivity index (χ0n) is 17.6. The average molecular weight is 477 g/mol. The topological polar surface area (TPSA) is 134 Å². The first kappa shape index (κ1) is 27.0. The fourth-order valence-corrected chi connectivity index (χ4v) is 5.03. The summed E-state index contributed by atoms with van der Waals surface area (Å²) < 4.78 is 16.1. The van der Waals surface area contributed by atoms with Gasteiger partial charge in [-0.3, -0.25) is 9.59 Å². The fraction of sp³-hybridized carbons (Fsp3) is 0.579. The van der Waals surface area contributed by atoms with Gasteiger partial charge in [-0.25, -0.2) is 0 Å². The minimum atomic E-state index is -4.72. The predicted molar refractivity (Wildman–Crippen MR) is 123 cm³/mol. The Bertz CT molecular complexity index is 627. The predicted octanol–water partition coefficient (Wildman–Crippen LogP) is 1.83. The van der Waals surface area contributed by atoms with Crippen LogP contribution in [0.15, 0.2) is 30.3 Å². The summed E-state index contributed by atoms with van der Waals surface area (Å²) in [4.78, 5) is 35.8. The molecule has 0 saturated carbocycles. The van der Waals surface area contributed by atoms with Crippen LogP contribution >= 0.6 is 23.5 Å². The highest BCUT2D eigenvalue weighted by molar-refractivity contribution is 7.98. The van der Waals surface area contributed by atoms with E-state index < -0.39 is 39.2 Å². The molecule has 0 aliphatic heterocycles. The van der Waals surface area contributed by atoms with Crippen molar-refractivity contribution in [3.63, 3.8) is 0 Å². The number of hydrogen-bond donors (Lipinski definition) is 3. The van der Waals surface area contributed by atoms with Gasteiger partial charge in [0.2, 0.25) is 0 Å². The molecule has 0 bridgehead atoms. The van der Waals surface area contributed by atoms with Crippen molar-refractivity contribution in [1.29, 1.82) is 0 Å². The highest BCUT2D eigenvalue weighted by Gasteiger charge is 2.53. The number of hydrogen-bond acceptors (Lipinski definition) is 10. The van der Waals surface area contributed by atoms with Gasteiger partial charge >= 0.3 is 21.0 Å². The molecule has 0 aliphatic carbocycles. The monoisotopic (exact) mass is 476 g/mol. The lowest BCUT2D eigenvalue weighted by molar-refractivity contribution is -0.154. The van der Waals surface area contributed by atoms with Gasteiger partial charge < -0.3 is 29.5 Å². The summed E-state index contributed by atoms with van der Waals surface area (Å²) in [6.07, 6.45) is 4.27. The van der Waals surface area contributed by atoms with Crippen LogP contribution in [0.3, 0.4) is 0 Å². The lowest BCUT2D eigenvalue weighted by Gasteiger charge is -2.28. The molecule has 11 heteroatoms. The third-order valence-electron chi connectivity index (χ3n) is 4.16. The van der Waals surface area contributed by atoms with E-state index >= 15 is 0 Å². The average Bonchev–Trinajstić information content (AvgIpc) is 2.74. The van der Waals surface area contributed by atoms with Crippen molar-refractivity contribution < 1.29 is 27.7 Å². The van der Waals surface area contributed by atoms with Crippen LogP contribution in [0.5, 0.6) is 0 Å². The maximum atomic E-state index is 12.4. The summed E-state index contributed by atoms with van der Waals surface area (Å²) in [5, 5.41) is 0. The number of benzene rings is 1. The van der Waals surface area contributed by atoms with E-state index in [0.29, 0.717) is 30.8 Å². The standard InChI is InChI=1S/C19H32N2O6S2Si/c1-4-17(14-8-6-5-7-9-14)25-30(24,26-18(22)15(20)10-12-28-2)27-19(23)16(21)11-13-29-3/h5-9,15-17,24H,4,10-13,20-21H2,1-3H3. The molecule has 1 aromatic rings. The number of carbonyl (C=O) groups excluding carboxylic acids is 2. The van der Waals surface area contributed by atoms with Gasteiger partial charge in [-0.05, 0) is 48.8 Å². The van der Waals surface area contributed by atoms with Gasteiger partial charge in [-0.1, -0.05) is 37.3 Å². The van der Waals surface area contributed by atoms with Gasteiger partial charge in [-0.15, -0.1) is 0 Å². The summed E-state index contributed by atoms with van der Waals surface area (Å²) >= 11 is 3.05. The molecule has 0 fully saturated rings. The maximum absolute atomic E-state index is 12.4. The zero-order chi connectivity index (χ0) is 22.6. The van der Waals surface area contributed by atoms with Crippen molar-refractivity contribution >= 4 is 44.5 Å². The minimum Gasteiger partial charge on any atom is -0.441 e. The normalized spacial score (nSPS) is 16.2. The van der Waals surface area contributed by atoms with Crippen molar-refractivity contribution in [2.45, 2.75) is 44.4 Å². The Morgan fingerprint density at radius 3 is 1.87 bits per heavy atom. The van der Waals surface area contributed by atoms with Crippen LogP contribution in [-0.2, 0) is 22.9 Å². The summed E-state index contributed by atoms with van der Waals surface area (Å²) in [5.41, 5.74) is 12.4. The van der Waals surface area contributed by atoms with Gasteiger partial charge in [0.25, 0.3) is 0 Å². The van der Waals surface area contributed by atoms with Gasteiger partial charge in [0, 0.05) is 0 Å². The molecule has 0 aliphatic rings. The minimum absolute atomic E-state index is 0.349. The largest absolute Gasteiger partial charge is 0.822 e. The Hall–Kier alpha value is -1.08. The highest BCUT2D eigenvalue weighted by Crippen LogP contribution is 2.26. The SMILES string of the molecule is CCC(O[Si](O)(OC(=O)C(N)CCSC)OC(=O)C(N)CCSC)c1ccccc1. The van der Waals surface area contributed by atoms with Crippen molar-refractivity contribution in [2.75, 3.05) is 24.0 Å². The van der Waals surface area contributed by atoms with Crippen LogP contribution in [0.4, 0.5) is 0 Å². The van der Waals surface area contributed by atoms with Crippen molar-refractivity contribution in [3.05, 3.63) is 35.9 Å². The molecule has 30 heavy (non-hydrogen) atoms. The third kappa shape index (κ3) is 9.37. The van der Waals surface area contributed by atoms with Gasteiger partial charge in [0.1, 0.15) is 12.1 Å². The molecule has 0 radical (unpaired) electrons. The summed E-state index contributed by atoms with van der Waals surface area (Å²) in [6, 6.07) is 7.15. The van der Waals surface area contributed by atoms with E-state index in [1.54, 1.807) is 12.1 Å². The molecule has 0 saturated heterocycles. The quantitative estimate of drug-likeness (QED) is 0.341. The second-order valence-electron chi connectivity index (χ2n) is 6.57. The van der Waals surface area contributed by atoms with E-state index in [2.05, 4.69) is 0 Å². The van der Waals surface area contributed by atoms with Crippen LogP contribution in [0, 0.1) is 0 Å². The first-order valence-electron chi connectivity index (χ1n) is 9.66.